The zero-order valence-electron chi connectivity index (χ0n) is 14.0. The highest BCUT2D eigenvalue weighted by atomic mass is 32.1. The number of benzene rings is 1. The highest BCUT2D eigenvalue weighted by Gasteiger charge is 2.31. The summed E-state index contributed by atoms with van der Waals surface area (Å²) in [6.07, 6.45) is -3.68. The molecule has 8 heteroatoms. The van der Waals surface area contributed by atoms with Crippen LogP contribution < -0.4 is 10.2 Å². The standard InChI is InChI=1S/C18H19F3N2O2S/c19-18(20,21)14-2-3-16(23-6-8-25-9-7-23)15(11-14)22-17(24)4-1-13-5-10-26-12-13/h2-3,5,10-12H,1,4,6-9H2,(H,22,24). The molecule has 1 saturated heterocycles. The van der Waals surface area contributed by atoms with Gasteiger partial charge in [0, 0.05) is 19.5 Å². The van der Waals surface area contributed by atoms with Crippen LogP contribution in [-0.4, -0.2) is 32.2 Å². The number of amides is 1. The van der Waals surface area contributed by atoms with Crippen molar-refractivity contribution in [2.75, 3.05) is 36.5 Å². The van der Waals surface area contributed by atoms with E-state index in [0.29, 0.717) is 38.4 Å². The minimum absolute atomic E-state index is 0.192. The molecule has 1 aliphatic heterocycles. The Morgan fingerprint density at radius 1 is 1.23 bits per heavy atom. The SMILES string of the molecule is O=C(CCc1ccsc1)Nc1cc(C(F)(F)F)ccc1N1CCOCC1. The van der Waals surface area contributed by atoms with Crippen LogP contribution in [0.5, 0.6) is 0 Å². The summed E-state index contributed by atoms with van der Waals surface area (Å²) in [6.45, 7) is 2.16. The minimum atomic E-state index is -4.46. The molecule has 0 atom stereocenters. The van der Waals surface area contributed by atoms with Crippen LogP contribution in [-0.2, 0) is 22.1 Å². The van der Waals surface area contributed by atoms with Crippen LogP contribution >= 0.6 is 11.3 Å². The van der Waals surface area contributed by atoms with Gasteiger partial charge >= 0.3 is 6.18 Å². The van der Waals surface area contributed by atoms with Gasteiger partial charge < -0.3 is 15.0 Å². The first-order valence-electron chi connectivity index (χ1n) is 8.28. The molecule has 3 rings (SSSR count). The molecule has 0 bridgehead atoms. The Kier molecular flexibility index (Phi) is 5.83. The van der Waals surface area contributed by atoms with Gasteiger partial charge in [0.1, 0.15) is 0 Å². The number of alkyl halides is 3. The second-order valence-electron chi connectivity index (χ2n) is 6.01. The quantitative estimate of drug-likeness (QED) is 0.841. The van der Waals surface area contributed by atoms with E-state index >= 15 is 0 Å². The maximum atomic E-state index is 13.1. The Balaban J connectivity index is 1.78. The largest absolute Gasteiger partial charge is 0.416 e. The molecule has 0 radical (unpaired) electrons. The van der Waals surface area contributed by atoms with Crippen molar-refractivity contribution >= 4 is 28.6 Å². The van der Waals surface area contributed by atoms with E-state index in [9.17, 15) is 18.0 Å². The van der Waals surface area contributed by atoms with Gasteiger partial charge in [-0.1, -0.05) is 0 Å². The van der Waals surface area contributed by atoms with Gasteiger partial charge in [-0.3, -0.25) is 4.79 Å². The van der Waals surface area contributed by atoms with Crippen LogP contribution in [0.3, 0.4) is 0 Å². The Labute approximate surface area is 153 Å². The van der Waals surface area contributed by atoms with Crippen LogP contribution in [0.4, 0.5) is 24.5 Å². The molecule has 0 saturated carbocycles. The van der Waals surface area contributed by atoms with Gasteiger partial charge in [-0.05, 0) is 47.0 Å². The Bertz CT molecular complexity index is 741. The Morgan fingerprint density at radius 3 is 2.65 bits per heavy atom. The van der Waals surface area contributed by atoms with Crippen LogP contribution in [0.1, 0.15) is 17.5 Å². The first kappa shape index (κ1) is 18.7. The molecule has 1 fully saturated rings. The fraction of sp³-hybridized carbons (Fsp3) is 0.389. The average molecular weight is 384 g/mol. The number of carbonyl (C=O) groups is 1. The van der Waals surface area contributed by atoms with Crippen molar-refractivity contribution in [3.8, 4) is 0 Å². The van der Waals surface area contributed by atoms with Gasteiger partial charge in [0.2, 0.25) is 5.91 Å². The molecule has 0 aliphatic carbocycles. The third-order valence-electron chi connectivity index (χ3n) is 4.17. The number of hydrogen-bond donors (Lipinski definition) is 1. The summed E-state index contributed by atoms with van der Waals surface area (Å²) in [5.74, 6) is -0.301. The van der Waals surface area contributed by atoms with Gasteiger partial charge in [0.05, 0.1) is 30.2 Å². The highest BCUT2D eigenvalue weighted by molar-refractivity contribution is 7.07. The summed E-state index contributed by atoms with van der Waals surface area (Å²) in [6, 6.07) is 5.41. The van der Waals surface area contributed by atoms with Crippen molar-refractivity contribution in [2.24, 2.45) is 0 Å². The highest BCUT2D eigenvalue weighted by Crippen LogP contribution is 2.35. The molecule has 2 aromatic rings. The maximum absolute atomic E-state index is 13.1. The van der Waals surface area contributed by atoms with E-state index in [1.54, 1.807) is 11.3 Å². The molecule has 2 heterocycles. The summed E-state index contributed by atoms with van der Waals surface area (Å²) in [5.41, 5.74) is 1.05. The van der Waals surface area contributed by atoms with Crippen molar-refractivity contribution in [3.63, 3.8) is 0 Å². The summed E-state index contributed by atoms with van der Waals surface area (Å²) in [5, 5.41) is 6.55. The number of morpholine rings is 1. The Hall–Kier alpha value is -2.06. The van der Waals surface area contributed by atoms with Crippen molar-refractivity contribution in [1.29, 1.82) is 0 Å². The summed E-state index contributed by atoms with van der Waals surface area (Å²) < 4.78 is 44.5. The second kappa shape index (κ2) is 8.09. The number of thiophene rings is 1. The topological polar surface area (TPSA) is 41.6 Å². The van der Waals surface area contributed by atoms with Crippen LogP contribution in [0.25, 0.3) is 0 Å². The molecule has 140 valence electrons. The molecule has 0 spiro atoms. The van der Waals surface area contributed by atoms with E-state index in [0.717, 1.165) is 17.7 Å². The molecular formula is C18H19F3N2O2S. The number of aryl methyl sites for hydroxylation is 1. The zero-order chi connectivity index (χ0) is 18.6. The van der Waals surface area contributed by atoms with Crippen molar-refractivity contribution < 1.29 is 22.7 Å². The zero-order valence-corrected chi connectivity index (χ0v) is 14.8. The summed E-state index contributed by atoms with van der Waals surface area (Å²) >= 11 is 1.55. The predicted octanol–water partition coefficient (Wildman–Crippen LogP) is 4.17. The van der Waals surface area contributed by atoms with Crippen LogP contribution in [0, 0.1) is 0 Å². The lowest BCUT2D eigenvalue weighted by atomic mass is 10.1. The molecule has 1 aliphatic rings. The fourth-order valence-corrected chi connectivity index (χ4v) is 3.50. The second-order valence-corrected chi connectivity index (χ2v) is 6.79. The number of rotatable bonds is 5. The van der Waals surface area contributed by atoms with Gasteiger partial charge in [-0.15, -0.1) is 0 Å². The number of ether oxygens (including phenoxy) is 1. The molecule has 4 nitrogen and oxygen atoms in total. The third kappa shape index (κ3) is 4.76. The van der Waals surface area contributed by atoms with E-state index in [1.165, 1.54) is 6.07 Å². The summed E-state index contributed by atoms with van der Waals surface area (Å²) in [4.78, 5) is 14.2. The molecule has 26 heavy (non-hydrogen) atoms. The van der Waals surface area contributed by atoms with Crippen LogP contribution in [0.15, 0.2) is 35.0 Å². The Morgan fingerprint density at radius 2 is 2.00 bits per heavy atom. The van der Waals surface area contributed by atoms with Crippen molar-refractivity contribution in [2.45, 2.75) is 19.0 Å². The van der Waals surface area contributed by atoms with Gasteiger partial charge in [0.15, 0.2) is 0 Å². The number of hydrogen-bond acceptors (Lipinski definition) is 4. The average Bonchev–Trinajstić information content (AvgIpc) is 3.13. The van der Waals surface area contributed by atoms with E-state index in [1.807, 2.05) is 21.7 Å². The van der Waals surface area contributed by atoms with E-state index in [4.69, 9.17) is 4.74 Å². The molecule has 1 N–H and O–H groups in total. The first-order valence-corrected chi connectivity index (χ1v) is 9.22. The monoisotopic (exact) mass is 384 g/mol. The molecular weight excluding hydrogens is 365 g/mol. The molecule has 1 aromatic carbocycles. The third-order valence-corrected chi connectivity index (χ3v) is 4.90. The molecule has 1 amide bonds. The smallest absolute Gasteiger partial charge is 0.378 e. The molecule has 1 aromatic heterocycles. The number of nitrogens with zero attached hydrogens (tertiary/aromatic N) is 1. The lowest BCUT2D eigenvalue weighted by Crippen LogP contribution is -2.36. The lowest BCUT2D eigenvalue weighted by molar-refractivity contribution is -0.137. The minimum Gasteiger partial charge on any atom is -0.378 e. The predicted molar refractivity (Wildman–Crippen MR) is 95.7 cm³/mol. The van der Waals surface area contributed by atoms with E-state index < -0.39 is 11.7 Å². The van der Waals surface area contributed by atoms with Gasteiger partial charge in [0.25, 0.3) is 0 Å². The normalized spacial score (nSPS) is 15.1. The van der Waals surface area contributed by atoms with Crippen molar-refractivity contribution in [1.82, 2.24) is 0 Å². The van der Waals surface area contributed by atoms with Crippen LogP contribution in [0.2, 0.25) is 0 Å². The molecule has 0 unspecified atom stereocenters. The van der Waals surface area contributed by atoms with Gasteiger partial charge in [-0.2, -0.15) is 24.5 Å². The van der Waals surface area contributed by atoms with E-state index in [2.05, 4.69) is 5.32 Å². The maximum Gasteiger partial charge on any atom is 0.416 e. The number of anilines is 2. The van der Waals surface area contributed by atoms with E-state index in [-0.39, 0.29) is 18.0 Å². The van der Waals surface area contributed by atoms with Gasteiger partial charge in [-0.25, -0.2) is 0 Å². The summed E-state index contributed by atoms with van der Waals surface area (Å²) in [7, 11) is 0. The van der Waals surface area contributed by atoms with Crippen molar-refractivity contribution in [3.05, 3.63) is 46.2 Å². The number of nitrogens with one attached hydrogen (secondary N) is 1. The number of halogens is 3. The lowest BCUT2D eigenvalue weighted by Gasteiger charge is -2.31. The fourth-order valence-electron chi connectivity index (χ4n) is 2.80. The number of carbonyl (C=O) groups excluding carboxylic acids is 1. The first-order chi connectivity index (χ1) is 12.4.